The second kappa shape index (κ2) is 4.65. The molecule has 3 rings (SSSR count). The number of ether oxygens (including phenoxy) is 1. The molecule has 3 aromatic rings. The van der Waals surface area contributed by atoms with Crippen molar-refractivity contribution in [2.45, 2.75) is 0 Å². The predicted octanol–water partition coefficient (Wildman–Crippen LogP) is 2.33. The van der Waals surface area contributed by atoms with Crippen LogP contribution in [0.2, 0.25) is 0 Å². The molecule has 0 aliphatic heterocycles. The first-order valence-corrected chi connectivity index (χ1v) is 5.92. The minimum atomic E-state index is -1.04. The van der Waals surface area contributed by atoms with Crippen LogP contribution in [0, 0.1) is 0 Å². The summed E-state index contributed by atoms with van der Waals surface area (Å²) >= 11 is 0. The number of nitrogens with one attached hydrogen (secondary N) is 1. The van der Waals surface area contributed by atoms with Gasteiger partial charge in [-0.1, -0.05) is 6.07 Å². The quantitative estimate of drug-likeness (QED) is 0.761. The number of hydrogen-bond donors (Lipinski definition) is 2. The highest BCUT2D eigenvalue weighted by atomic mass is 16.5. The summed E-state index contributed by atoms with van der Waals surface area (Å²) in [5.41, 5.74) is 1.82. The molecule has 0 spiro atoms. The number of carboxylic acids is 1. The van der Waals surface area contributed by atoms with Crippen LogP contribution in [-0.4, -0.2) is 33.1 Å². The number of rotatable bonds is 3. The van der Waals surface area contributed by atoms with Gasteiger partial charge in [0.25, 0.3) is 0 Å². The van der Waals surface area contributed by atoms with Crippen molar-refractivity contribution < 1.29 is 14.6 Å². The maximum absolute atomic E-state index is 11.2. The zero-order valence-corrected chi connectivity index (χ0v) is 10.6. The summed E-state index contributed by atoms with van der Waals surface area (Å²) in [7, 11) is 1.56. The number of fused-ring (bicyclic) bond motifs is 1. The third-order valence-electron chi connectivity index (χ3n) is 2.96. The summed E-state index contributed by atoms with van der Waals surface area (Å²) in [6.07, 6.45) is 1.53. The van der Waals surface area contributed by atoms with E-state index in [1.54, 1.807) is 19.2 Å². The molecule has 2 N–H and O–H groups in total. The summed E-state index contributed by atoms with van der Waals surface area (Å²) in [5.74, 6) is -0.0131. The fourth-order valence-corrected chi connectivity index (χ4v) is 2.05. The molecule has 0 aliphatic rings. The number of aromatic nitrogens is 3. The number of carboxylic acid groups (broad SMARTS) is 1. The van der Waals surface area contributed by atoms with Gasteiger partial charge in [0.1, 0.15) is 17.0 Å². The molecule has 0 saturated carbocycles. The van der Waals surface area contributed by atoms with Gasteiger partial charge in [-0.15, -0.1) is 0 Å². The summed E-state index contributed by atoms with van der Waals surface area (Å²) in [6, 6.07) is 8.55. The minimum absolute atomic E-state index is 0.102. The number of methoxy groups -OCH3 is 1. The Morgan fingerprint density at radius 2 is 2.15 bits per heavy atom. The third-order valence-corrected chi connectivity index (χ3v) is 2.96. The van der Waals surface area contributed by atoms with E-state index in [0.717, 1.165) is 5.52 Å². The van der Waals surface area contributed by atoms with Crippen LogP contribution >= 0.6 is 0 Å². The van der Waals surface area contributed by atoms with E-state index in [1.807, 2.05) is 12.1 Å². The first kappa shape index (κ1) is 12.2. The number of para-hydroxylation sites is 1. The average molecular weight is 269 g/mol. The van der Waals surface area contributed by atoms with Crippen LogP contribution in [0.3, 0.4) is 0 Å². The SMILES string of the molecule is COc1cccc2[nH]c(-c3ncccc3C(=O)O)nc12. The molecule has 0 aliphatic carbocycles. The van der Waals surface area contributed by atoms with E-state index >= 15 is 0 Å². The lowest BCUT2D eigenvalue weighted by Gasteiger charge is -2.00. The van der Waals surface area contributed by atoms with Crippen LogP contribution in [0.25, 0.3) is 22.6 Å². The van der Waals surface area contributed by atoms with E-state index in [2.05, 4.69) is 15.0 Å². The molecule has 100 valence electrons. The Hall–Kier alpha value is -2.89. The van der Waals surface area contributed by atoms with E-state index in [4.69, 9.17) is 4.74 Å². The summed E-state index contributed by atoms with van der Waals surface area (Å²) in [4.78, 5) is 22.8. The number of hydrogen-bond acceptors (Lipinski definition) is 4. The predicted molar refractivity (Wildman–Crippen MR) is 72.8 cm³/mol. The highest BCUT2D eigenvalue weighted by Crippen LogP contribution is 2.27. The third kappa shape index (κ3) is 1.87. The maximum atomic E-state index is 11.2. The summed E-state index contributed by atoms with van der Waals surface area (Å²) < 4.78 is 5.24. The van der Waals surface area contributed by atoms with E-state index in [0.29, 0.717) is 22.8 Å². The highest BCUT2D eigenvalue weighted by molar-refractivity contribution is 5.95. The molecule has 0 unspecified atom stereocenters. The largest absolute Gasteiger partial charge is 0.494 e. The lowest BCUT2D eigenvalue weighted by molar-refractivity contribution is 0.0697. The Labute approximate surface area is 114 Å². The Morgan fingerprint density at radius 1 is 1.30 bits per heavy atom. The zero-order chi connectivity index (χ0) is 14.1. The van der Waals surface area contributed by atoms with E-state index in [9.17, 15) is 9.90 Å². The smallest absolute Gasteiger partial charge is 0.338 e. The second-order valence-corrected chi connectivity index (χ2v) is 4.15. The molecular formula is C14H11N3O3. The summed E-state index contributed by atoms with van der Waals surface area (Å²) in [6.45, 7) is 0. The van der Waals surface area contributed by atoms with Gasteiger partial charge < -0.3 is 14.8 Å². The molecule has 0 amide bonds. The Balaban J connectivity index is 2.23. The number of carbonyl (C=O) groups is 1. The fourth-order valence-electron chi connectivity index (χ4n) is 2.05. The molecular weight excluding hydrogens is 258 g/mol. The van der Waals surface area contributed by atoms with Crippen molar-refractivity contribution >= 4 is 17.0 Å². The number of aromatic carboxylic acids is 1. The number of nitrogens with zero attached hydrogens (tertiary/aromatic N) is 2. The Morgan fingerprint density at radius 3 is 2.90 bits per heavy atom. The number of pyridine rings is 1. The Bertz CT molecular complexity index is 795. The number of imidazole rings is 1. The van der Waals surface area contributed by atoms with Crippen molar-refractivity contribution in [1.82, 2.24) is 15.0 Å². The van der Waals surface area contributed by atoms with E-state index in [-0.39, 0.29) is 5.56 Å². The van der Waals surface area contributed by atoms with Gasteiger partial charge in [-0.05, 0) is 24.3 Å². The zero-order valence-electron chi connectivity index (χ0n) is 10.6. The number of benzene rings is 1. The molecule has 0 bridgehead atoms. The van der Waals surface area contributed by atoms with Gasteiger partial charge in [0.2, 0.25) is 0 Å². The van der Waals surface area contributed by atoms with E-state index < -0.39 is 5.97 Å². The van der Waals surface area contributed by atoms with Gasteiger partial charge >= 0.3 is 5.97 Å². The van der Waals surface area contributed by atoms with Gasteiger partial charge in [0.05, 0.1) is 18.2 Å². The van der Waals surface area contributed by atoms with Crippen molar-refractivity contribution in [2.24, 2.45) is 0 Å². The molecule has 2 heterocycles. The first-order valence-electron chi connectivity index (χ1n) is 5.92. The van der Waals surface area contributed by atoms with E-state index in [1.165, 1.54) is 12.3 Å². The van der Waals surface area contributed by atoms with Crippen LogP contribution in [0.1, 0.15) is 10.4 Å². The highest BCUT2D eigenvalue weighted by Gasteiger charge is 2.16. The van der Waals surface area contributed by atoms with Crippen LogP contribution in [0.5, 0.6) is 5.75 Å². The van der Waals surface area contributed by atoms with Crippen LogP contribution in [-0.2, 0) is 0 Å². The van der Waals surface area contributed by atoms with Crippen molar-refractivity contribution in [3.8, 4) is 17.3 Å². The fraction of sp³-hybridized carbons (Fsp3) is 0.0714. The maximum Gasteiger partial charge on any atom is 0.338 e. The molecule has 0 fully saturated rings. The molecule has 0 radical (unpaired) electrons. The van der Waals surface area contributed by atoms with Gasteiger partial charge in [-0.25, -0.2) is 9.78 Å². The molecule has 20 heavy (non-hydrogen) atoms. The van der Waals surface area contributed by atoms with Gasteiger partial charge in [0, 0.05) is 6.20 Å². The molecule has 1 aromatic carbocycles. The molecule has 0 saturated heterocycles. The lowest BCUT2D eigenvalue weighted by Crippen LogP contribution is -2.01. The minimum Gasteiger partial charge on any atom is -0.494 e. The van der Waals surface area contributed by atoms with Crippen LogP contribution in [0.4, 0.5) is 0 Å². The first-order chi connectivity index (χ1) is 9.70. The topological polar surface area (TPSA) is 88.1 Å². The van der Waals surface area contributed by atoms with Gasteiger partial charge in [0.15, 0.2) is 5.82 Å². The van der Waals surface area contributed by atoms with Gasteiger partial charge in [-0.2, -0.15) is 0 Å². The van der Waals surface area contributed by atoms with Crippen molar-refractivity contribution in [1.29, 1.82) is 0 Å². The molecule has 6 heteroatoms. The van der Waals surface area contributed by atoms with Crippen molar-refractivity contribution in [3.63, 3.8) is 0 Å². The molecule has 0 atom stereocenters. The monoisotopic (exact) mass is 269 g/mol. The van der Waals surface area contributed by atoms with Crippen molar-refractivity contribution in [3.05, 3.63) is 42.1 Å². The van der Waals surface area contributed by atoms with Gasteiger partial charge in [-0.3, -0.25) is 4.98 Å². The standard InChI is InChI=1S/C14H11N3O3/c1-20-10-6-2-5-9-12(10)17-13(16-9)11-8(14(18)19)4-3-7-15-11/h2-7H,1H3,(H,16,17)(H,18,19). The summed E-state index contributed by atoms with van der Waals surface area (Å²) in [5, 5.41) is 9.20. The van der Waals surface area contributed by atoms with Crippen LogP contribution in [0.15, 0.2) is 36.5 Å². The number of H-pyrrole nitrogens is 1. The molecule has 2 aromatic heterocycles. The second-order valence-electron chi connectivity index (χ2n) is 4.15. The molecule has 6 nitrogen and oxygen atoms in total. The normalized spacial score (nSPS) is 10.7. The van der Waals surface area contributed by atoms with Crippen LogP contribution < -0.4 is 4.74 Å². The number of aromatic amines is 1. The Kier molecular flexibility index (Phi) is 2.83. The van der Waals surface area contributed by atoms with Crippen molar-refractivity contribution in [2.75, 3.05) is 7.11 Å². The lowest BCUT2D eigenvalue weighted by atomic mass is 10.2. The average Bonchev–Trinajstić information content (AvgIpc) is 2.90.